The highest BCUT2D eigenvalue weighted by Crippen LogP contribution is 2.21. The monoisotopic (exact) mass is 520 g/mol. The molecule has 0 spiro atoms. The van der Waals surface area contributed by atoms with Gasteiger partial charge in [-0.3, -0.25) is 9.59 Å². The fourth-order valence-corrected chi connectivity index (χ4v) is 3.74. The van der Waals surface area contributed by atoms with E-state index in [1.54, 1.807) is 42.5 Å². The average Bonchev–Trinajstić information content (AvgIpc) is 2.91. The van der Waals surface area contributed by atoms with Gasteiger partial charge in [0.25, 0.3) is 11.8 Å². The molecule has 0 aromatic heterocycles. The maximum Gasteiger partial charge on any atom is 0.287 e. The van der Waals surface area contributed by atoms with Crippen LogP contribution in [0.1, 0.15) is 35.3 Å². The highest BCUT2D eigenvalue weighted by atomic mass is 35.5. The van der Waals surface area contributed by atoms with Gasteiger partial charge in [0, 0.05) is 24.3 Å². The highest BCUT2D eigenvalue weighted by molar-refractivity contribution is 6.34. The van der Waals surface area contributed by atoms with Crippen LogP contribution in [0.3, 0.4) is 0 Å². The molecule has 3 N–H and O–H groups in total. The van der Waals surface area contributed by atoms with Crippen LogP contribution >= 0.6 is 11.6 Å². The first-order valence-corrected chi connectivity index (χ1v) is 12.1. The number of hydrogen-bond donors (Lipinski definition) is 3. The molecule has 0 fully saturated rings. The van der Waals surface area contributed by atoms with Gasteiger partial charge in [0.1, 0.15) is 17.2 Å². The second-order valence-electron chi connectivity index (χ2n) is 7.88. The Labute approximate surface area is 221 Å². The van der Waals surface area contributed by atoms with Crippen LogP contribution in [0.4, 0.5) is 5.69 Å². The molecule has 0 aliphatic heterocycles. The van der Waals surface area contributed by atoms with Crippen molar-refractivity contribution in [2.75, 3.05) is 25.1 Å². The molecule has 0 radical (unpaired) electrons. The summed E-state index contributed by atoms with van der Waals surface area (Å²) in [5, 5.41) is 16.8. The molecule has 8 nitrogen and oxygen atoms in total. The molecule has 192 valence electrons. The molecule has 3 aromatic rings. The zero-order valence-electron chi connectivity index (χ0n) is 20.9. The number of methoxy groups -OCH3 is 1. The van der Waals surface area contributed by atoms with E-state index in [0.29, 0.717) is 16.9 Å². The molecule has 3 rings (SSSR count). The molecule has 0 saturated carbocycles. The Morgan fingerprint density at radius 2 is 1.76 bits per heavy atom. The number of hydrazone groups is 1. The van der Waals surface area contributed by atoms with Crippen LogP contribution in [0.25, 0.3) is 6.08 Å². The number of carbonyl (C=O) groups excluding carboxylic acids is 2. The van der Waals surface area contributed by atoms with Crippen molar-refractivity contribution in [1.29, 1.82) is 0 Å². The van der Waals surface area contributed by atoms with Crippen LogP contribution in [0.2, 0.25) is 5.02 Å². The second-order valence-corrected chi connectivity index (χ2v) is 8.29. The third-order valence-electron chi connectivity index (χ3n) is 5.55. The minimum Gasteiger partial charge on any atom is -0.507 e. The lowest BCUT2D eigenvalue weighted by atomic mass is 10.1. The zero-order chi connectivity index (χ0) is 26.8. The fraction of sp³-hybridized carbons (Fsp3) is 0.179. The summed E-state index contributed by atoms with van der Waals surface area (Å²) in [4.78, 5) is 28.1. The van der Waals surface area contributed by atoms with E-state index in [2.05, 4.69) is 34.6 Å². The van der Waals surface area contributed by atoms with Crippen molar-refractivity contribution < 1.29 is 19.4 Å². The summed E-state index contributed by atoms with van der Waals surface area (Å²) in [7, 11) is 1.50. The number of anilines is 1. The number of carbonyl (C=O) groups is 2. The number of ether oxygens (including phenoxy) is 1. The Balaban J connectivity index is 1.86. The lowest BCUT2D eigenvalue weighted by molar-refractivity contribution is -0.117. The highest BCUT2D eigenvalue weighted by Gasteiger charge is 2.16. The summed E-state index contributed by atoms with van der Waals surface area (Å²) in [6, 6.07) is 18.8. The molecule has 0 atom stereocenters. The SMILES string of the molecule is CCN(CC)c1ccc(C=C(NC(=O)c2ccccc2Cl)C(=O)N/N=C/c2cc(OC)ccc2O)cc1. The number of benzene rings is 3. The molecular weight excluding hydrogens is 492 g/mol. The van der Waals surface area contributed by atoms with Crippen molar-refractivity contribution in [1.82, 2.24) is 10.7 Å². The molecule has 0 saturated heterocycles. The van der Waals surface area contributed by atoms with Crippen LogP contribution < -0.4 is 20.4 Å². The van der Waals surface area contributed by atoms with E-state index in [1.165, 1.54) is 19.4 Å². The van der Waals surface area contributed by atoms with E-state index in [1.807, 2.05) is 24.3 Å². The van der Waals surface area contributed by atoms with Crippen molar-refractivity contribution in [2.24, 2.45) is 5.10 Å². The van der Waals surface area contributed by atoms with Crippen molar-refractivity contribution >= 4 is 41.4 Å². The van der Waals surface area contributed by atoms with Crippen LogP contribution in [-0.4, -0.2) is 43.3 Å². The van der Waals surface area contributed by atoms with Crippen molar-refractivity contribution in [2.45, 2.75) is 13.8 Å². The largest absolute Gasteiger partial charge is 0.507 e. The van der Waals surface area contributed by atoms with E-state index < -0.39 is 11.8 Å². The molecule has 0 heterocycles. The second kappa shape index (κ2) is 13.1. The number of halogens is 1. The number of phenols is 1. The Hall–Kier alpha value is -4.30. The summed E-state index contributed by atoms with van der Waals surface area (Å²) in [5.41, 5.74) is 4.68. The molecular formula is C28H29ClN4O4. The summed E-state index contributed by atoms with van der Waals surface area (Å²) in [5.74, 6) is -0.714. The number of amides is 2. The van der Waals surface area contributed by atoms with Gasteiger partial charge < -0.3 is 20.1 Å². The normalized spacial score (nSPS) is 11.3. The Morgan fingerprint density at radius 1 is 1.05 bits per heavy atom. The number of nitrogens with zero attached hydrogens (tertiary/aromatic N) is 2. The first kappa shape index (κ1) is 27.3. The van der Waals surface area contributed by atoms with Gasteiger partial charge in [-0.2, -0.15) is 5.10 Å². The Morgan fingerprint density at radius 3 is 2.41 bits per heavy atom. The number of nitrogens with one attached hydrogen (secondary N) is 2. The number of hydrogen-bond acceptors (Lipinski definition) is 6. The van der Waals surface area contributed by atoms with Gasteiger partial charge in [0.2, 0.25) is 0 Å². The summed E-state index contributed by atoms with van der Waals surface area (Å²) in [6.07, 6.45) is 2.83. The topological polar surface area (TPSA) is 103 Å². The molecule has 0 aliphatic rings. The zero-order valence-corrected chi connectivity index (χ0v) is 21.6. The lowest BCUT2D eigenvalue weighted by Crippen LogP contribution is -2.33. The molecule has 3 aromatic carbocycles. The van der Waals surface area contributed by atoms with Crippen molar-refractivity contribution in [3.8, 4) is 11.5 Å². The predicted molar refractivity (Wildman–Crippen MR) is 147 cm³/mol. The van der Waals surface area contributed by atoms with E-state index in [0.717, 1.165) is 18.8 Å². The predicted octanol–water partition coefficient (Wildman–Crippen LogP) is 4.82. The minimum absolute atomic E-state index is 0.0325. The Kier molecular flexibility index (Phi) is 9.69. The van der Waals surface area contributed by atoms with E-state index >= 15 is 0 Å². The summed E-state index contributed by atoms with van der Waals surface area (Å²) in [6.45, 7) is 5.90. The lowest BCUT2D eigenvalue weighted by Gasteiger charge is -2.21. The summed E-state index contributed by atoms with van der Waals surface area (Å²) < 4.78 is 5.14. The number of aromatic hydroxyl groups is 1. The van der Waals surface area contributed by atoms with Gasteiger partial charge in [-0.25, -0.2) is 5.43 Å². The van der Waals surface area contributed by atoms with E-state index in [4.69, 9.17) is 16.3 Å². The molecule has 0 aliphatic carbocycles. The smallest absolute Gasteiger partial charge is 0.287 e. The Bertz CT molecular complexity index is 1300. The van der Waals surface area contributed by atoms with E-state index in [-0.39, 0.29) is 22.0 Å². The molecule has 0 bridgehead atoms. The first-order valence-electron chi connectivity index (χ1n) is 11.7. The average molecular weight is 521 g/mol. The standard InChI is InChI=1S/C28H29ClN4O4/c1-4-33(5-2)21-12-10-19(11-13-21)16-25(31-27(35)23-8-6-7-9-24(23)29)28(36)32-30-18-20-17-22(37-3)14-15-26(20)34/h6-18,34H,4-5H2,1-3H3,(H,31,35)(H,32,36)/b25-16?,30-18+. The minimum atomic E-state index is -0.660. The van der Waals surface area contributed by atoms with Gasteiger partial charge >= 0.3 is 0 Å². The number of phenolic OH excluding ortho intramolecular Hbond substituents is 1. The van der Waals surface area contributed by atoms with Crippen LogP contribution in [0.15, 0.2) is 77.5 Å². The van der Waals surface area contributed by atoms with Gasteiger partial charge in [0.15, 0.2) is 0 Å². The summed E-state index contributed by atoms with van der Waals surface area (Å²) >= 11 is 6.16. The molecule has 9 heteroatoms. The van der Waals surface area contributed by atoms with Gasteiger partial charge in [-0.1, -0.05) is 35.9 Å². The van der Waals surface area contributed by atoms with Crippen LogP contribution in [-0.2, 0) is 4.79 Å². The van der Waals surface area contributed by atoms with Gasteiger partial charge in [-0.15, -0.1) is 0 Å². The van der Waals surface area contributed by atoms with Crippen molar-refractivity contribution in [3.05, 3.63) is 94.1 Å². The third-order valence-corrected chi connectivity index (χ3v) is 5.88. The van der Waals surface area contributed by atoms with Gasteiger partial charge in [0.05, 0.1) is 23.9 Å². The third kappa shape index (κ3) is 7.35. The van der Waals surface area contributed by atoms with Crippen LogP contribution in [0.5, 0.6) is 11.5 Å². The first-order chi connectivity index (χ1) is 17.9. The quantitative estimate of drug-likeness (QED) is 0.202. The maximum absolute atomic E-state index is 13.0. The van der Waals surface area contributed by atoms with Crippen molar-refractivity contribution in [3.63, 3.8) is 0 Å². The van der Waals surface area contributed by atoms with E-state index in [9.17, 15) is 14.7 Å². The molecule has 37 heavy (non-hydrogen) atoms. The molecule has 0 unspecified atom stereocenters. The number of rotatable bonds is 10. The van der Waals surface area contributed by atoms with Gasteiger partial charge in [-0.05, 0) is 68.0 Å². The maximum atomic E-state index is 13.0. The molecule has 2 amide bonds. The fourth-order valence-electron chi connectivity index (χ4n) is 3.51. The van der Waals surface area contributed by atoms with Crippen LogP contribution in [0, 0.1) is 0 Å².